The number of hydrogen-bond acceptors (Lipinski definition) is 4. The molecule has 1 saturated heterocycles. The average Bonchev–Trinajstić information content (AvgIpc) is 2.60. The average molecular weight is 353 g/mol. The smallest absolute Gasteiger partial charge is 0.325 e. The van der Waals surface area contributed by atoms with Crippen LogP contribution in [0.2, 0.25) is 5.02 Å². The Kier molecular flexibility index (Phi) is 6.61. The van der Waals surface area contributed by atoms with Gasteiger partial charge in [0.2, 0.25) is 11.8 Å². The van der Waals surface area contributed by atoms with E-state index in [0.717, 1.165) is 5.56 Å². The van der Waals surface area contributed by atoms with Crippen molar-refractivity contribution in [2.45, 2.75) is 19.3 Å². The number of rotatable bonds is 6. The predicted octanol–water partition coefficient (Wildman–Crippen LogP) is 1.41. The van der Waals surface area contributed by atoms with Crippen LogP contribution in [0, 0.1) is 5.92 Å². The number of methoxy groups -OCH3 is 1. The molecule has 1 aromatic carbocycles. The first-order valence-electron chi connectivity index (χ1n) is 7.86. The number of carbonyl (C=O) groups is 3. The molecular weight excluding hydrogens is 332 g/mol. The van der Waals surface area contributed by atoms with E-state index < -0.39 is 5.97 Å². The summed E-state index contributed by atoms with van der Waals surface area (Å²) in [4.78, 5) is 37.0. The third-order valence-corrected chi connectivity index (χ3v) is 4.34. The zero-order valence-corrected chi connectivity index (χ0v) is 14.3. The molecule has 0 radical (unpaired) electrons. The lowest BCUT2D eigenvalue weighted by molar-refractivity contribution is -0.143. The largest absolute Gasteiger partial charge is 0.468 e. The van der Waals surface area contributed by atoms with E-state index in [2.05, 4.69) is 10.1 Å². The van der Waals surface area contributed by atoms with Crippen LogP contribution in [0.3, 0.4) is 0 Å². The van der Waals surface area contributed by atoms with E-state index in [0.29, 0.717) is 37.4 Å². The Morgan fingerprint density at radius 1 is 1.33 bits per heavy atom. The van der Waals surface area contributed by atoms with Crippen LogP contribution >= 0.6 is 11.6 Å². The predicted molar refractivity (Wildman–Crippen MR) is 89.5 cm³/mol. The van der Waals surface area contributed by atoms with Crippen LogP contribution in [-0.2, 0) is 25.5 Å². The Morgan fingerprint density at radius 2 is 2.04 bits per heavy atom. The topological polar surface area (TPSA) is 75.7 Å². The highest BCUT2D eigenvalue weighted by atomic mass is 35.5. The number of esters is 1. The van der Waals surface area contributed by atoms with Gasteiger partial charge in [0.1, 0.15) is 6.54 Å². The molecule has 0 aliphatic carbocycles. The van der Waals surface area contributed by atoms with Crippen LogP contribution in [0.25, 0.3) is 0 Å². The number of amides is 2. The van der Waals surface area contributed by atoms with Crippen LogP contribution in [0.15, 0.2) is 24.3 Å². The first kappa shape index (κ1) is 18.3. The fraction of sp³-hybridized carbons (Fsp3) is 0.471. The highest BCUT2D eigenvalue weighted by Crippen LogP contribution is 2.19. The van der Waals surface area contributed by atoms with E-state index in [-0.39, 0.29) is 24.3 Å². The van der Waals surface area contributed by atoms with Gasteiger partial charge < -0.3 is 15.0 Å². The van der Waals surface area contributed by atoms with Crippen molar-refractivity contribution in [2.24, 2.45) is 5.92 Å². The van der Waals surface area contributed by atoms with Crippen molar-refractivity contribution in [3.8, 4) is 0 Å². The summed E-state index contributed by atoms with van der Waals surface area (Å²) < 4.78 is 4.49. The Hall–Kier alpha value is -2.08. The Balaban J connectivity index is 1.85. The van der Waals surface area contributed by atoms with E-state index in [9.17, 15) is 14.4 Å². The molecule has 1 heterocycles. The molecule has 1 aromatic rings. The molecule has 130 valence electrons. The van der Waals surface area contributed by atoms with Gasteiger partial charge in [0.05, 0.1) is 13.0 Å². The second-order valence-corrected chi connectivity index (χ2v) is 6.18. The molecule has 0 aromatic heterocycles. The van der Waals surface area contributed by atoms with E-state index in [1.165, 1.54) is 7.11 Å². The number of hydrogen-bond donors (Lipinski definition) is 1. The van der Waals surface area contributed by atoms with E-state index in [1.54, 1.807) is 4.90 Å². The lowest BCUT2D eigenvalue weighted by Gasteiger charge is -2.32. The molecule has 0 bridgehead atoms. The molecule has 0 saturated carbocycles. The lowest BCUT2D eigenvalue weighted by Crippen LogP contribution is -2.47. The second kappa shape index (κ2) is 8.68. The van der Waals surface area contributed by atoms with Crippen LogP contribution in [0.5, 0.6) is 0 Å². The molecule has 7 heteroatoms. The van der Waals surface area contributed by atoms with Crippen molar-refractivity contribution in [3.05, 3.63) is 34.9 Å². The molecule has 2 rings (SSSR count). The van der Waals surface area contributed by atoms with Gasteiger partial charge in [-0.25, -0.2) is 0 Å². The Morgan fingerprint density at radius 3 is 2.71 bits per heavy atom. The normalized spacial score (nSPS) is 17.5. The minimum Gasteiger partial charge on any atom is -0.468 e. The summed E-state index contributed by atoms with van der Waals surface area (Å²) in [6.07, 6.45) is 1.56. The molecular formula is C17H21ClN2O4. The third kappa shape index (κ3) is 5.23. The van der Waals surface area contributed by atoms with Gasteiger partial charge in [0.25, 0.3) is 0 Å². The van der Waals surface area contributed by atoms with Crippen molar-refractivity contribution >= 4 is 29.4 Å². The van der Waals surface area contributed by atoms with Gasteiger partial charge in [-0.2, -0.15) is 0 Å². The molecule has 0 spiro atoms. The Bertz CT molecular complexity index is 603. The molecule has 1 aliphatic heterocycles. The molecule has 1 N–H and O–H groups in total. The van der Waals surface area contributed by atoms with Crippen molar-refractivity contribution in [1.82, 2.24) is 10.2 Å². The molecule has 1 atom stereocenters. The fourth-order valence-corrected chi connectivity index (χ4v) is 2.76. The Labute approximate surface area is 146 Å². The maximum Gasteiger partial charge on any atom is 0.325 e. The van der Waals surface area contributed by atoms with Gasteiger partial charge in [-0.15, -0.1) is 0 Å². The van der Waals surface area contributed by atoms with Crippen LogP contribution in [0.4, 0.5) is 0 Å². The van der Waals surface area contributed by atoms with Crippen LogP contribution in [-0.4, -0.2) is 49.4 Å². The summed E-state index contributed by atoms with van der Waals surface area (Å²) in [5, 5.41) is 3.23. The highest BCUT2D eigenvalue weighted by molar-refractivity contribution is 6.30. The number of halogens is 1. The van der Waals surface area contributed by atoms with Crippen LogP contribution < -0.4 is 5.32 Å². The molecule has 0 unspecified atom stereocenters. The molecule has 24 heavy (non-hydrogen) atoms. The van der Waals surface area contributed by atoms with Crippen molar-refractivity contribution in [1.29, 1.82) is 0 Å². The maximum absolute atomic E-state index is 12.1. The first-order chi connectivity index (χ1) is 11.5. The van der Waals surface area contributed by atoms with Gasteiger partial charge in [-0.3, -0.25) is 14.4 Å². The van der Waals surface area contributed by atoms with Gasteiger partial charge in [-0.1, -0.05) is 23.7 Å². The number of piperidine rings is 1. The molecule has 1 fully saturated rings. The number of ether oxygens (including phenoxy) is 1. The van der Waals surface area contributed by atoms with Crippen molar-refractivity contribution in [2.75, 3.05) is 26.7 Å². The van der Waals surface area contributed by atoms with E-state index in [1.807, 2.05) is 24.3 Å². The minimum atomic E-state index is -0.491. The van der Waals surface area contributed by atoms with Gasteiger partial charge in [-0.05, 0) is 30.5 Å². The fourth-order valence-electron chi connectivity index (χ4n) is 2.64. The summed E-state index contributed by atoms with van der Waals surface area (Å²) in [5.41, 5.74) is 1.09. The minimum absolute atomic E-state index is 0.0565. The third-order valence-electron chi connectivity index (χ3n) is 4.09. The number of carbonyl (C=O) groups excluding carboxylic acids is 3. The zero-order valence-electron chi connectivity index (χ0n) is 13.6. The standard InChI is InChI=1S/C17H21ClN2O4/c1-24-16(22)10-19-17(23)13-4-7-15(21)20(11-13)9-8-12-2-5-14(18)6-3-12/h2-3,5-6,13H,4,7-11H2,1H3,(H,19,23)/t13-/m0/s1. The van der Waals surface area contributed by atoms with E-state index in [4.69, 9.17) is 11.6 Å². The second-order valence-electron chi connectivity index (χ2n) is 5.75. The maximum atomic E-state index is 12.1. The lowest BCUT2D eigenvalue weighted by atomic mass is 9.96. The van der Waals surface area contributed by atoms with Gasteiger partial charge in [0.15, 0.2) is 0 Å². The summed E-state index contributed by atoms with van der Waals surface area (Å²) in [5.74, 6) is -0.947. The summed E-state index contributed by atoms with van der Waals surface area (Å²) in [6, 6.07) is 7.49. The number of likely N-dealkylation sites (tertiary alicyclic amines) is 1. The van der Waals surface area contributed by atoms with E-state index >= 15 is 0 Å². The van der Waals surface area contributed by atoms with Crippen LogP contribution in [0.1, 0.15) is 18.4 Å². The number of nitrogens with zero attached hydrogens (tertiary/aromatic N) is 1. The highest BCUT2D eigenvalue weighted by Gasteiger charge is 2.30. The first-order valence-corrected chi connectivity index (χ1v) is 8.24. The quantitative estimate of drug-likeness (QED) is 0.785. The summed E-state index contributed by atoms with van der Waals surface area (Å²) in [7, 11) is 1.27. The monoisotopic (exact) mass is 352 g/mol. The SMILES string of the molecule is COC(=O)CNC(=O)[C@H]1CCC(=O)N(CCc2ccc(Cl)cc2)C1. The van der Waals surface area contributed by atoms with Gasteiger partial charge >= 0.3 is 5.97 Å². The van der Waals surface area contributed by atoms with Crippen molar-refractivity contribution in [3.63, 3.8) is 0 Å². The number of benzene rings is 1. The molecule has 2 amide bonds. The number of nitrogens with one attached hydrogen (secondary N) is 1. The summed E-state index contributed by atoms with van der Waals surface area (Å²) in [6.45, 7) is 0.783. The summed E-state index contributed by atoms with van der Waals surface area (Å²) >= 11 is 5.86. The molecule has 6 nitrogen and oxygen atoms in total. The van der Waals surface area contributed by atoms with Gasteiger partial charge in [0, 0.05) is 24.5 Å². The van der Waals surface area contributed by atoms with Crippen molar-refractivity contribution < 1.29 is 19.1 Å². The zero-order chi connectivity index (χ0) is 17.5. The molecule has 1 aliphatic rings.